The molecule has 67 valence electrons. The van der Waals surface area contributed by atoms with Gasteiger partial charge in [0.05, 0.1) is 0 Å². The SMILES string of the molecule is CC(C)n1c[c]c2cnc(N)nc21. The third-order valence-corrected chi connectivity index (χ3v) is 1.95. The summed E-state index contributed by atoms with van der Waals surface area (Å²) in [6.45, 7) is 4.18. The van der Waals surface area contributed by atoms with Crippen molar-refractivity contribution < 1.29 is 0 Å². The molecule has 2 aromatic heterocycles. The molecule has 0 aromatic carbocycles. The molecule has 0 atom stereocenters. The maximum absolute atomic E-state index is 5.50. The number of anilines is 1. The molecule has 0 aliphatic carbocycles. The summed E-state index contributed by atoms with van der Waals surface area (Å²) in [4.78, 5) is 8.06. The van der Waals surface area contributed by atoms with Crippen molar-refractivity contribution in [1.29, 1.82) is 0 Å². The average Bonchev–Trinajstić information content (AvgIpc) is 2.46. The monoisotopic (exact) mass is 175 g/mol. The predicted octanol–water partition coefficient (Wildman–Crippen LogP) is 1.39. The van der Waals surface area contributed by atoms with Gasteiger partial charge in [-0.2, -0.15) is 4.98 Å². The summed E-state index contributed by atoms with van der Waals surface area (Å²) >= 11 is 0. The summed E-state index contributed by atoms with van der Waals surface area (Å²) in [6.07, 6.45) is 3.57. The second-order valence-electron chi connectivity index (χ2n) is 3.24. The van der Waals surface area contributed by atoms with Crippen LogP contribution in [-0.4, -0.2) is 14.5 Å². The van der Waals surface area contributed by atoms with Gasteiger partial charge in [-0.3, -0.25) is 0 Å². The molecular formula is C9H11N4. The third kappa shape index (κ3) is 1.24. The number of hydrogen-bond donors (Lipinski definition) is 1. The lowest BCUT2D eigenvalue weighted by Crippen LogP contribution is -2.02. The lowest BCUT2D eigenvalue weighted by molar-refractivity contribution is 0.617. The normalized spacial score (nSPS) is 11.3. The van der Waals surface area contributed by atoms with Gasteiger partial charge in [-0.25, -0.2) is 4.98 Å². The van der Waals surface area contributed by atoms with Crippen molar-refractivity contribution in [2.75, 3.05) is 5.73 Å². The van der Waals surface area contributed by atoms with E-state index in [1.807, 2.05) is 10.8 Å². The Bertz CT molecular complexity index is 430. The Balaban J connectivity index is 2.71. The lowest BCUT2D eigenvalue weighted by Gasteiger charge is -2.07. The van der Waals surface area contributed by atoms with Crippen LogP contribution in [0.15, 0.2) is 12.4 Å². The molecule has 4 heteroatoms. The Morgan fingerprint density at radius 3 is 3.00 bits per heavy atom. The Morgan fingerprint density at radius 1 is 1.54 bits per heavy atom. The van der Waals surface area contributed by atoms with Gasteiger partial charge < -0.3 is 10.3 Å². The fourth-order valence-corrected chi connectivity index (χ4v) is 1.28. The van der Waals surface area contributed by atoms with Gasteiger partial charge in [0.1, 0.15) is 5.65 Å². The molecule has 0 fully saturated rings. The molecule has 2 heterocycles. The Hall–Kier alpha value is -1.58. The number of aromatic nitrogens is 3. The third-order valence-electron chi connectivity index (χ3n) is 1.95. The molecule has 4 nitrogen and oxygen atoms in total. The van der Waals surface area contributed by atoms with Crippen molar-refractivity contribution in [3.8, 4) is 0 Å². The van der Waals surface area contributed by atoms with Gasteiger partial charge in [-0.15, -0.1) is 0 Å². The molecule has 0 spiro atoms. The fraction of sp³-hybridized carbons (Fsp3) is 0.333. The van der Waals surface area contributed by atoms with Crippen LogP contribution < -0.4 is 5.73 Å². The first-order valence-corrected chi connectivity index (χ1v) is 4.19. The molecule has 2 N–H and O–H groups in total. The second kappa shape index (κ2) is 2.73. The van der Waals surface area contributed by atoms with E-state index in [2.05, 4.69) is 29.9 Å². The van der Waals surface area contributed by atoms with Crippen LogP contribution in [0.5, 0.6) is 0 Å². The smallest absolute Gasteiger partial charge is 0.221 e. The number of rotatable bonds is 1. The summed E-state index contributed by atoms with van der Waals surface area (Å²) in [5, 5.41) is 0.905. The van der Waals surface area contributed by atoms with Gasteiger partial charge in [0.15, 0.2) is 0 Å². The summed E-state index contributed by atoms with van der Waals surface area (Å²) in [5.74, 6) is 0.307. The molecule has 13 heavy (non-hydrogen) atoms. The van der Waals surface area contributed by atoms with E-state index in [4.69, 9.17) is 5.73 Å². The minimum atomic E-state index is 0.307. The molecule has 0 aliphatic rings. The van der Waals surface area contributed by atoms with Gasteiger partial charge in [-0.1, -0.05) is 0 Å². The van der Waals surface area contributed by atoms with E-state index in [0.717, 1.165) is 11.0 Å². The van der Waals surface area contributed by atoms with Crippen LogP contribution >= 0.6 is 0 Å². The van der Waals surface area contributed by atoms with Crippen LogP contribution in [0.3, 0.4) is 0 Å². The van der Waals surface area contributed by atoms with Crippen LogP contribution in [0.2, 0.25) is 0 Å². The quantitative estimate of drug-likeness (QED) is 0.712. The Kier molecular flexibility index (Phi) is 1.69. The summed E-state index contributed by atoms with van der Waals surface area (Å²) in [5.41, 5.74) is 6.35. The molecule has 2 rings (SSSR count). The number of nitrogens with two attached hydrogens (primary N) is 1. The molecule has 0 bridgehead atoms. The average molecular weight is 175 g/mol. The zero-order valence-electron chi connectivity index (χ0n) is 7.65. The van der Waals surface area contributed by atoms with Gasteiger partial charge in [0, 0.05) is 29.9 Å². The van der Waals surface area contributed by atoms with Crippen molar-refractivity contribution in [2.45, 2.75) is 19.9 Å². The first-order valence-electron chi connectivity index (χ1n) is 4.19. The number of nitrogens with zero attached hydrogens (tertiary/aromatic N) is 3. The topological polar surface area (TPSA) is 56.7 Å². The van der Waals surface area contributed by atoms with Gasteiger partial charge in [0.2, 0.25) is 5.95 Å². The molecule has 0 saturated heterocycles. The van der Waals surface area contributed by atoms with Crippen LogP contribution in [0.1, 0.15) is 19.9 Å². The van der Waals surface area contributed by atoms with Crippen molar-refractivity contribution in [2.24, 2.45) is 0 Å². The summed E-state index contributed by atoms with van der Waals surface area (Å²) in [6, 6.07) is 3.44. The zero-order valence-corrected chi connectivity index (χ0v) is 7.65. The molecule has 0 amide bonds. The fourth-order valence-electron chi connectivity index (χ4n) is 1.28. The van der Waals surface area contributed by atoms with Crippen LogP contribution in [0.25, 0.3) is 11.0 Å². The Morgan fingerprint density at radius 2 is 2.31 bits per heavy atom. The first-order chi connectivity index (χ1) is 6.18. The maximum atomic E-state index is 5.50. The number of hydrogen-bond acceptors (Lipinski definition) is 3. The largest absolute Gasteiger partial charge is 0.368 e. The molecule has 0 aliphatic heterocycles. The van der Waals surface area contributed by atoms with E-state index in [1.54, 1.807) is 6.20 Å². The van der Waals surface area contributed by atoms with E-state index >= 15 is 0 Å². The molecule has 0 saturated carbocycles. The highest BCUT2D eigenvalue weighted by atomic mass is 15.1. The van der Waals surface area contributed by atoms with Crippen LogP contribution in [0.4, 0.5) is 5.95 Å². The molecule has 1 radical (unpaired) electrons. The molecule has 0 unspecified atom stereocenters. The lowest BCUT2D eigenvalue weighted by atomic mass is 10.4. The van der Waals surface area contributed by atoms with E-state index in [9.17, 15) is 0 Å². The predicted molar refractivity (Wildman–Crippen MR) is 51.2 cm³/mol. The van der Waals surface area contributed by atoms with Crippen molar-refractivity contribution >= 4 is 17.0 Å². The molecular weight excluding hydrogens is 164 g/mol. The number of nitrogen functional groups attached to an aromatic ring is 1. The number of fused-ring (bicyclic) bond motifs is 1. The van der Waals surface area contributed by atoms with Crippen molar-refractivity contribution in [1.82, 2.24) is 14.5 Å². The van der Waals surface area contributed by atoms with Crippen molar-refractivity contribution in [3.63, 3.8) is 0 Å². The van der Waals surface area contributed by atoms with Gasteiger partial charge >= 0.3 is 0 Å². The van der Waals surface area contributed by atoms with E-state index in [1.165, 1.54) is 0 Å². The van der Waals surface area contributed by atoms with E-state index in [-0.39, 0.29) is 0 Å². The maximum Gasteiger partial charge on any atom is 0.221 e. The Labute approximate surface area is 76.4 Å². The first kappa shape index (κ1) is 8.04. The zero-order chi connectivity index (χ0) is 9.42. The minimum absolute atomic E-state index is 0.307. The highest BCUT2D eigenvalue weighted by Gasteiger charge is 2.05. The van der Waals surface area contributed by atoms with Crippen molar-refractivity contribution in [3.05, 3.63) is 18.5 Å². The standard InChI is InChI=1S/C9H11N4/c1-6(2)13-4-3-7-5-11-9(10)12-8(7)13/h4-6H,1-2H3,(H2,10,11,12). The van der Waals surface area contributed by atoms with Gasteiger partial charge in [-0.05, 0) is 13.8 Å². The minimum Gasteiger partial charge on any atom is -0.368 e. The van der Waals surface area contributed by atoms with Crippen LogP contribution in [-0.2, 0) is 0 Å². The second-order valence-corrected chi connectivity index (χ2v) is 3.24. The molecule has 2 aromatic rings. The van der Waals surface area contributed by atoms with Crippen LogP contribution in [0, 0.1) is 6.07 Å². The summed E-state index contributed by atoms with van der Waals surface area (Å²) < 4.78 is 2.02. The van der Waals surface area contributed by atoms with Gasteiger partial charge in [0.25, 0.3) is 0 Å². The van der Waals surface area contributed by atoms with E-state index < -0.39 is 0 Å². The highest BCUT2D eigenvalue weighted by Crippen LogP contribution is 2.16. The summed E-state index contributed by atoms with van der Waals surface area (Å²) in [7, 11) is 0. The highest BCUT2D eigenvalue weighted by molar-refractivity contribution is 5.75. The van der Waals surface area contributed by atoms with E-state index in [0.29, 0.717) is 12.0 Å².